The van der Waals surface area contributed by atoms with Crippen molar-refractivity contribution in [3.63, 3.8) is 0 Å². The molecule has 1 aliphatic rings. The smallest absolute Gasteiger partial charge is 0.216 e. The van der Waals surface area contributed by atoms with Crippen LogP contribution in [0.1, 0.15) is 60.1 Å². The largest absolute Gasteiger partial charge is 0.443 e. The molecule has 1 aliphatic heterocycles. The summed E-state index contributed by atoms with van der Waals surface area (Å²) in [6, 6.07) is 0.992. The third-order valence-electron chi connectivity index (χ3n) is 4.70. The maximum atomic E-state index is 5.83. The molecule has 0 amide bonds. The van der Waals surface area contributed by atoms with Gasteiger partial charge in [0.1, 0.15) is 12.3 Å². The predicted molar refractivity (Wildman–Crippen MR) is 103 cm³/mol. The van der Waals surface area contributed by atoms with Gasteiger partial charge in [0.05, 0.1) is 6.20 Å². The highest BCUT2D eigenvalue weighted by Gasteiger charge is 2.31. The summed E-state index contributed by atoms with van der Waals surface area (Å²) in [6.45, 7) is 18.7. The molecule has 1 fully saturated rings. The van der Waals surface area contributed by atoms with Crippen LogP contribution in [-0.4, -0.2) is 47.6 Å². The van der Waals surface area contributed by atoms with Crippen molar-refractivity contribution in [1.29, 1.82) is 0 Å². The molecule has 25 heavy (non-hydrogen) atoms. The van der Waals surface area contributed by atoms with Crippen molar-refractivity contribution in [1.82, 2.24) is 20.5 Å². The molecule has 0 spiro atoms. The summed E-state index contributed by atoms with van der Waals surface area (Å²) in [6.07, 6.45) is 1.81. The number of nitrogens with one attached hydrogen (secondary N) is 2. The summed E-state index contributed by atoms with van der Waals surface area (Å²) in [7, 11) is 0. The lowest BCUT2D eigenvalue weighted by molar-refractivity contribution is 0.265. The molecule has 1 aromatic heterocycles. The molecule has 0 radical (unpaired) electrons. The summed E-state index contributed by atoms with van der Waals surface area (Å²) in [5.74, 6) is 2.99. The summed E-state index contributed by atoms with van der Waals surface area (Å²) in [5.41, 5.74) is -0.0305. The minimum absolute atomic E-state index is 0.0305. The molecule has 1 saturated heterocycles. The van der Waals surface area contributed by atoms with E-state index in [4.69, 9.17) is 4.42 Å². The van der Waals surface area contributed by atoms with Crippen molar-refractivity contribution in [2.24, 2.45) is 10.9 Å². The number of likely N-dealkylation sites (tertiary alicyclic amines) is 1. The van der Waals surface area contributed by atoms with E-state index in [1.165, 1.54) is 0 Å². The van der Waals surface area contributed by atoms with Crippen LogP contribution in [0.15, 0.2) is 15.6 Å². The van der Waals surface area contributed by atoms with Crippen LogP contribution in [0, 0.1) is 5.92 Å². The van der Waals surface area contributed by atoms with Crippen molar-refractivity contribution >= 4 is 5.96 Å². The Morgan fingerprint density at radius 2 is 2.12 bits per heavy atom. The first kappa shape index (κ1) is 19.8. The summed E-state index contributed by atoms with van der Waals surface area (Å²) in [5, 5.41) is 6.92. The molecule has 2 unspecified atom stereocenters. The minimum atomic E-state index is -0.0305. The predicted octanol–water partition coefficient (Wildman–Crippen LogP) is 2.76. The van der Waals surface area contributed by atoms with Gasteiger partial charge in [-0.3, -0.25) is 4.90 Å². The Balaban J connectivity index is 2.00. The van der Waals surface area contributed by atoms with Crippen LogP contribution in [-0.2, 0) is 12.0 Å². The van der Waals surface area contributed by atoms with Crippen LogP contribution in [0.4, 0.5) is 0 Å². The molecule has 6 nitrogen and oxygen atoms in total. The number of guanidine groups is 1. The monoisotopic (exact) mass is 349 g/mol. The zero-order valence-corrected chi connectivity index (χ0v) is 16.9. The number of rotatable bonds is 5. The van der Waals surface area contributed by atoms with Crippen molar-refractivity contribution in [3.05, 3.63) is 17.8 Å². The van der Waals surface area contributed by atoms with Crippen molar-refractivity contribution in [2.75, 3.05) is 19.6 Å². The summed E-state index contributed by atoms with van der Waals surface area (Å²) >= 11 is 0. The molecule has 1 aromatic rings. The number of hydrogen-bond donors (Lipinski definition) is 2. The highest BCUT2D eigenvalue weighted by molar-refractivity contribution is 5.80. The number of oxazole rings is 1. The lowest BCUT2D eigenvalue weighted by Crippen LogP contribution is -2.46. The molecule has 2 N–H and O–H groups in total. The number of aliphatic imine (C=N–C) groups is 1. The first-order chi connectivity index (χ1) is 11.7. The molecule has 0 saturated carbocycles. The van der Waals surface area contributed by atoms with Gasteiger partial charge in [0, 0.05) is 37.1 Å². The Hall–Kier alpha value is -1.56. The first-order valence-electron chi connectivity index (χ1n) is 9.44. The van der Waals surface area contributed by atoms with Crippen LogP contribution < -0.4 is 10.6 Å². The van der Waals surface area contributed by atoms with Gasteiger partial charge in [0.15, 0.2) is 5.96 Å². The topological polar surface area (TPSA) is 65.7 Å². The fourth-order valence-corrected chi connectivity index (χ4v) is 2.99. The van der Waals surface area contributed by atoms with Crippen molar-refractivity contribution < 1.29 is 4.42 Å². The Morgan fingerprint density at radius 1 is 1.40 bits per heavy atom. The number of nitrogens with zero attached hydrogens (tertiary/aromatic N) is 3. The van der Waals surface area contributed by atoms with Gasteiger partial charge in [-0.1, -0.05) is 27.7 Å². The van der Waals surface area contributed by atoms with Gasteiger partial charge in [-0.15, -0.1) is 0 Å². The Morgan fingerprint density at radius 3 is 2.64 bits per heavy atom. The van der Waals surface area contributed by atoms with Gasteiger partial charge < -0.3 is 15.1 Å². The second kappa shape index (κ2) is 8.21. The van der Waals surface area contributed by atoms with E-state index in [2.05, 4.69) is 74.0 Å². The SMILES string of the molecule is CCNC(=NCc1ncc(C(C)(C)C)o1)NC1CN(C(C)C)CC1C. The summed E-state index contributed by atoms with van der Waals surface area (Å²) < 4.78 is 5.83. The average Bonchev–Trinajstić information content (AvgIpc) is 3.12. The molecule has 0 aromatic carbocycles. The Bertz CT molecular complexity index is 573. The van der Waals surface area contributed by atoms with Gasteiger partial charge in [-0.2, -0.15) is 0 Å². The molecule has 2 heterocycles. The van der Waals surface area contributed by atoms with Crippen LogP contribution >= 0.6 is 0 Å². The fourth-order valence-electron chi connectivity index (χ4n) is 2.99. The number of hydrogen-bond acceptors (Lipinski definition) is 4. The molecule has 6 heteroatoms. The first-order valence-corrected chi connectivity index (χ1v) is 9.44. The highest BCUT2D eigenvalue weighted by Crippen LogP contribution is 2.23. The zero-order chi connectivity index (χ0) is 18.6. The van der Waals surface area contributed by atoms with Crippen molar-refractivity contribution in [2.45, 2.75) is 72.5 Å². The molecular weight excluding hydrogens is 314 g/mol. The van der Waals surface area contributed by atoms with E-state index in [1.54, 1.807) is 0 Å². The van der Waals surface area contributed by atoms with E-state index in [-0.39, 0.29) is 5.41 Å². The maximum absolute atomic E-state index is 5.83. The van der Waals surface area contributed by atoms with Gasteiger partial charge >= 0.3 is 0 Å². The van der Waals surface area contributed by atoms with Gasteiger partial charge in [0.2, 0.25) is 5.89 Å². The van der Waals surface area contributed by atoms with Crippen LogP contribution in [0.5, 0.6) is 0 Å². The number of aromatic nitrogens is 1. The quantitative estimate of drug-likeness (QED) is 0.632. The molecule has 2 atom stereocenters. The van der Waals surface area contributed by atoms with E-state index < -0.39 is 0 Å². The van der Waals surface area contributed by atoms with E-state index in [9.17, 15) is 0 Å². The van der Waals surface area contributed by atoms with Gasteiger partial charge in [-0.05, 0) is 26.7 Å². The lowest BCUT2D eigenvalue weighted by atomic mass is 9.94. The zero-order valence-electron chi connectivity index (χ0n) is 16.9. The van der Waals surface area contributed by atoms with Crippen LogP contribution in [0.2, 0.25) is 0 Å². The third-order valence-corrected chi connectivity index (χ3v) is 4.70. The average molecular weight is 350 g/mol. The fraction of sp³-hybridized carbons (Fsp3) is 0.789. The summed E-state index contributed by atoms with van der Waals surface area (Å²) in [4.78, 5) is 11.5. The van der Waals surface area contributed by atoms with Gasteiger partial charge in [0.25, 0.3) is 0 Å². The maximum Gasteiger partial charge on any atom is 0.216 e. The van der Waals surface area contributed by atoms with Crippen LogP contribution in [0.25, 0.3) is 0 Å². The second-order valence-electron chi connectivity index (χ2n) is 8.34. The third kappa shape index (κ3) is 5.46. The normalized spacial score (nSPS) is 22.6. The van der Waals surface area contributed by atoms with E-state index in [0.717, 1.165) is 31.4 Å². The lowest BCUT2D eigenvalue weighted by Gasteiger charge is -2.21. The standard InChI is InChI=1S/C19H35N5O/c1-8-20-18(23-15-12-24(13(2)3)11-14(15)4)22-10-17-21-9-16(25-17)19(5,6)7/h9,13-15H,8,10-12H2,1-7H3,(H2,20,22,23). The molecule has 2 rings (SSSR count). The molecule has 142 valence electrons. The Labute approximate surface area is 152 Å². The minimum Gasteiger partial charge on any atom is -0.443 e. The van der Waals surface area contributed by atoms with Crippen molar-refractivity contribution in [3.8, 4) is 0 Å². The molecular formula is C19H35N5O. The van der Waals surface area contributed by atoms with Crippen LogP contribution in [0.3, 0.4) is 0 Å². The van der Waals surface area contributed by atoms with E-state index in [1.807, 2.05) is 6.20 Å². The second-order valence-corrected chi connectivity index (χ2v) is 8.34. The Kier molecular flexibility index (Phi) is 6.49. The van der Waals surface area contributed by atoms with E-state index >= 15 is 0 Å². The highest BCUT2D eigenvalue weighted by atomic mass is 16.4. The van der Waals surface area contributed by atoms with Gasteiger partial charge in [-0.25, -0.2) is 9.98 Å². The molecule has 0 aliphatic carbocycles. The van der Waals surface area contributed by atoms with E-state index in [0.29, 0.717) is 30.4 Å². The molecule has 0 bridgehead atoms.